The van der Waals surface area contributed by atoms with Crippen molar-refractivity contribution in [3.8, 4) is 0 Å². The maximum Gasteiger partial charge on any atom is 0.0595 e. The third-order valence-electron chi connectivity index (χ3n) is 2.45. The van der Waals surface area contributed by atoms with Crippen LogP contribution >= 0.6 is 0 Å². The van der Waals surface area contributed by atoms with Gasteiger partial charge in [0.15, 0.2) is 0 Å². The second-order valence-electron chi connectivity index (χ2n) is 3.23. The number of rotatable bonds is 4. The highest BCUT2D eigenvalue weighted by Crippen LogP contribution is 2.11. The molecule has 1 aliphatic rings. The van der Waals surface area contributed by atoms with Crippen molar-refractivity contribution in [3.63, 3.8) is 0 Å². The molecule has 1 saturated heterocycles. The van der Waals surface area contributed by atoms with Gasteiger partial charge in [0.2, 0.25) is 0 Å². The Kier molecular flexibility index (Phi) is 4.60. The number of piperidine rings is 1. The van der Waals surface area contributed by atoms with Crippen LogP contribution in [0.1, 0.15) is 12.8 Å². The minimum Gasteiger partial charge on any atom is -0.381 e. The Morgan fingerprint density at radius 2 is 2.23 bits per heavy atom. The standard InChI is InChI=1S/C8H16N4O/c1-13-8-2-5-12(6-3-8)7-4-10-11-9/h8H,2-7H2,1H3. The Morgan fingerprint density at radius 1 is 1.54 bits per heavy atom. The van der Waals surface area contributed by atoms with E-state index >= 15 is 0 Å². The molecule has 0 amide bonds. The van der Waals surface area contributed by atoms with E-state index < -0.39 is 0 Å². The first-order valence-corrected chi connectivity index (χ1v) is 4.63. The Hall–Kier alpha value is -0.770. The fourth-order valence-corrected chi connectivity index (χ4v) is 1.60. The minimum atomic E-state index is 0.427. The first-order valence-electron chi connectivity index (χ1n) is 4.63. The third-order valence-corrected chi connectivity index (χ3v) is 2.45. The van der Waals surface area contributed by atoms with Gasteiger partial charge < -0.3 is 9.64 Å². The molecular formula is C8H16N4O. The summed E-state index contributed by atoms with van der Waals surface area (Å²) in [4.78, 5) is 5.03. The van der Waals surface area contributed by atoms with Crippen LogP contribution in [0.15, 0.2) is 5.11 Å². The van der Waals surface area contributed by atoms with Crippen molar-refractivity contribution in [3.05, 3.63) is 10.4 Å². The van der Waals surface area contributed by atoms with E-state index in [0.29, 0.717) is 12.6 Å². The van der Waals surface area contributed by atoms with Crippen molar-refractivity contribution in [2.24, 2.45) is 5.11 Å². The van der Waals surface area contributed by atoms with E-state index in [1.807, 2.05) is 0 Å². The summed E-state index contributed by atoms with van der Waals surface area (Å²) in [5.41, 5.74) is 8.10. The van der Waals surface area contributed by atoms with Gasteiger partial charge in [0, 0.05) is 38.2 Å². The van der Waals surface area contributed by atoms with Crippen LogP contribution in [-0.4, -0.2) is 44.3 Å². The molecule has 0 N–H and O–H groups in total. The lowest BCUT2D eigenvalue weighted by Gasteiger charge is -2.30. The largest absolute Gasteiger partial charge is 0.381 e. The van der Waals surface area contributed by atoms with E-state index in [4.69, 9.17) is 10.3 Å². The van der Waals surface area contributed by atoms with E-state index in [9.17, 15) is 0 Å². The maximum absolute atomic E-state index is 8.10. The van der Waals surface area contributed by atoms with Gasteiger partial charge in [0.25, 0.3) is 0 Å². The molecule has 0 aromatic carbocycles. The zero-order valence-corrected chi connectivity index (χ0v) is 8.02. The third kappa shape index (κ3) is 3.63. The number of azide groups is 1. The molecule has 13 heavy (non-hydrogen) atoms. The molecule has 0 radical (unpaired) electrons. The topological polar surface area (TPSA) is 61.2 Å². The molecule has 0 spiro atoms. The highest BCUT2D eigenvalue weighted by molar-refractivity contribution is 4.72. The SMILES string of the molecule is COC1CCN(CCN=[N+]=[N-])CC1. The molecule has 0 atom stereocenters. The van der Waals surface area contributed by atoms with Crippen LogP contribution in [0.4, 0.5) is 0 Å². The summed E-state index contributed by atoms with van der Waals surface area (Å²) in [5, 5.41) is 3.51. The normalized spacial score (nSPS) is 19.8. The molecule has 5 nitrogen and oxygen atoms in total. The Morgan fingerprint density at radius 3 is 2.77 bits per heavy atom. The van der Waals surface area contributed by atoms with Gasteiger partial charge in [-0.25, -0.2) is 0 Å². The number of hydrogen-bond acceptors (Lipinski definition) is 3. The summed E-state index contributed by atoms with van der Waals surface area (Å²) in [6, 6.07) is 0. The van der Waals surface area contributed by atoms with Gasteiger partial charge >= 0.3 is 0 Å². The van der Waals surface area contributed by atoms with Crippen LogP contribution in [0.5, 0.6) is 0 Å². The van der Waals surface area contributed by atoms with Crippen LogP contribution in [-0.2, 0) is 4.74 Å². The van der Waals surface area contributed by atoms with E-state index in [1.165, 1.54) is 0 Å². The Balaban J connectivity index is 2.13. The lowest BCUT2D eigenvalue weighted by molar-refractivity contribution is 0.0421. The summed E-state index contributed by atoms with van der Waals surface area (Å²) in [7, 11) is 1.76. The molecule has 0 bridgehead atoms. The lowest BCUT2D eigenvalue weighted by Crippen LogP contribution is -2.37. The number of likely N-dealkylation sites (tertiary alicyclic amines) is 1. The number of methoxy groups -OCH3 is 1. The lowest BCUT2D eigenvalue weighted by atomic mass is 10.1. The van der Waals surface area contributed by atoms with Gasteiger partial charge in [-0.3, -0.25) is 0 Å². The van der Waals surface area contributed by atoms with Crippen molar-refractivity contribution < 1.29 is 4.74 Å². The summed E-state index contributed by atoms with van der Waals surface area (Å²) < 4.78 is 5.26. The van der Waals surface area contributed by atoms with Crippen LogP contribution < -0.4 is 0 Å². The van der Waals surface area contributed by atoms with Crippen molar-refractivity contribution in [2.45, 2.75) is 18.9 Å². The number of hydrogen-bond donors (Lipinski definition) is 0. The Bertz CT molecular complexity index is 183. The molecule has 5 heteroatoms. The van der Waals surface area contributed by atoms with Crippen LogP contribution in [0.2, 0.25) is 0 Å². The molecule has 1 aliphatic heterocycles. The fraction of sp³-hybridized carbons (Fsp3) is 1.00. The van der Waals surface area contributed by atoms with Gasteiger partial charge in [-0.2, -0.15) is 0 Å². The zero-order chi connectivity index (χ0) is 9.52. The van der Waals surface area contributed by atoms with Gasteiger partial charge in [-0.1, -0.05) is 5.11 Å². The molecule has 1 heterocycles. The second-order valence-corrected chi connectivity index (χ2v) is 3.23. The van der Waals surface area contributed by atoms with E-state index in [-0.39, 0.29) is 0 Å². The molecular weight excluding hydrogens is 168 g/mol. The van der Waals surface area contributed by atoms with Gasteiger partial charge in [0.1, 0.15) is 0 Å². The van der Waals surface area contributed by atoms with Crippen molar-refractivity contribution in [2.75, 3.05) is 33.3 Å². The van der Waals surface area contributed by atoms with Crippen LogP contribution in [0, 0.1) is 0 Å². The van der Waals surface area contributed by atoms with Gasteiger partial charge in [-0.15, -0.1) is 0 Å². The van der Waals surface area contributed by atoms with Gasteiger partial charge in [0.05, 0.1) is 6.10 Å². The predicted octanol–water partition coefficient (Wildman–Crippen LogP) is 1.41. The molecule has 0 unspecified atom stereocenters. The predicted molar refractivity (Wildman–Crippen MR) is 50.5 cm³/mol. The van der Waals surface area contributed by atoms with Crippen LogP contribution in [0.25, 0.3) is 10.4 Å². The van der Waals surface area contributed by atoms with E-state index in [2.05, 4.69) is 14.9 Å². The van der Waals surface area contributed by atoms with Crippen molar-refractivity contribution >= 4 is 0 Å². The average Bonchev–Trinajstić information content (AvgIpc) is 2.19. The maximum atomic E-state index is 8.10. The minimum absolute atomic E-state index is 0.427. The molecule has 0 aliphatic carbocycles. The summed E-state index contributed by atoms with van der Waals surface area (Å²) >= 11 is 0. The monoisotopic (exact) mass is 184 g/mol. The zero-order valence-electron chi connectivity index (χ0n) is 8.02. The summed E-state index contributed by atoms with van der Waals surface area (Å²) in [6.07, 6.45) is 2.61. The first kappa shape index (κ1) is 10.3. The summed E-state index contributed by atoms with van der Waals surface area (Å²) in [5.74, 6) is 0. The summed E-state index contributed by atoms with van der Waals surface area (Å²) in [6.45, 7) is 3.56. The quantitative estimate of drug-likeness (QED) is 0.376. The first-order chi connectivity index (χ1) is 6.36. The highest BCUT2D eigenvalue weighted by Gasteiger charge is 2.17. The molecule has 0 aromatic heterocycles. The molecule has 1 fully saturated rings. The molecule has 0 aromatic rings. The molecule has 74 valence electrons. The fourth-order valence-electron chi connectivity index (χ4n) is 1.60. The smallest absolute Gasteiger partial charge is 0.0595 e. The number of nitrogens with zero attached hydrogens (tertiary/aromatic N) is 4. The average molecular weight is 184 g/mol. The number of ether oxygens (including phenoxy) is 1. The van der Waals surface area contributed by atoms with Crippen LogP contribution in [0.3, 0.4) is 0 Å². The molecule has 0 saturated carbocycles. The second kappa shape index (κ2) is 5.80. The van der Waals surface area contributed by atoms with E-state index in [1.54, 1.807) is 7.11 Å². The van der Waals surface area contributed by atoms with Gasteiger partial charge in [-0.05, 0) is 18.4 Å². The highest BCUT2D eigenvalue weighted by atomic mass is 16.5. The Labute approximate surface area is 78.3 Å². The van der Waals surface area contributed by atoms with Crippen molar-refractivity contribution in [1.29, 1.82) is 0 Å². The molecule has 1 rings (SSSR count). The van der Waals surface area contributed by atoms with Crippen molar-refractivity contribution in [1.82, 2.24) is 4.90 Å². The van der Waals surface area contributed by atoms with E-state index in [0.717, 1.165) is 32.5 Å².